The van der Waals surface area contributed by atoms with Crippen LogP contribution >= 0.6 is 0 Å². The Balaban J connectivity index is 2.28. The number of rotatable bonds is 9. The fraction of sp³-hybridized carbons (Fsp3) is 0.217. The van der Waals surface area contributed by atoms with Crippen LogP contribution in [0.3, 0.4) is 0 Å². The van der Waals surface area contributed by atoms with Crippen LogP contribution in [0.4, 0.5) is 0 Å². The molecule has 146 valence electrons. The number of hydrogen-bond acceptors (Lipinski definition) is 4. The lowest BCUT2D eigenvalue weighted by Crippen LogP contribution is -2.12. The van der Waals surface area contributed by atoms with Gasteiger partial charge < -0.3 is 14.6 Å². The third-order valence-electron chi connectivity index (χ3n) is 3.99. The van der Waals surface area contributed by atoms with Gasteiger partial charge in [-0.15, -0.1) is 0 Å². The molecule has 0 aromatic heterocycles. The first-order valence-electron chi connectivity index (χ1n) is 9.03. The molecule has 28 heavy (non-hydrogen) atoms. The average Bonchev–Trinajstić information content (AvgIpc) is 2.69. The number of hydrogen-bond donors (Lipinski definition) is 1. The molecule has 5 heteroatoms. The highest BCUT2D eigenvalue weighted by atomic mass is 16.5. The number of carbonyl (C=O) groups excluding carboxylic acids is 1. The number of ether oxygens (including phenoxy) is 2. The first kappa shape index (κ1) is 21.0. The van der Waals surface area contributed by atoms with Crippen LogP contribution in [0.5, 0.6) is 11.5 Å². The summed E-state index contributed by atoms with van der Waals surface area (Å²) < 4.78 is 11.1. The van der Waals surface area contributed by atoms with E-state index in [0.717, 1.165) is 16.9 Å². The number of benzene rings is 2. The normalized spacial score (nSPS) is 11.5. The molecule has 2 aromatic rings. The van der Waals surface area contributed by atoms with E-state index in [9.17, 15) is 9.59 Å². The van der Waals surface area contributed by atoms with Crippen LogP contribution in [0.1, 0.15) is 41.8 Å². The van der Waals surface area contributed by atoms with E-state index < -0.39 is 12.6 Å². The number of aliphatic carboxylic acids is 1. The minimum Gasteiger partial charge on any atom is -0.481 e. The Labute approximate surface area is 164 Å². The van der Waals surface area contributed by atoms with Gasteiger partial charge in [-0.2, -0.15) is 0 Å². The maximum Gasteiger partial charge on any atom is 0.341 e. The summed E-state index contributed by atoms with van der Waals surface area (Å²) >= 11 is 0. The highest BCUT2D eigenvalue weighted by Gasteiger charge is 2.14. The molecule has 0 spiro atoms. The first-order valence-corrected chi connectivity index (χ1v) is 9.03. The Bertz CT molecular complexity index is 892. The topological polar surface area (TPSA) is 72.8 Å². The van der Waals surface area contributed by atoms with Crippen LogP contribution in [0.25, 0.3) is 6.08 Å². The van der Waals surface area contributed by atoms with Crippen molar-refractivity contribution >= 4 is 17.8 Å². The van der Waals surface area contributed by atoms with E-state index in [4.69, 9.17) is 14.6 Å². The Morgan fingerprint density at radius 1 is 1.11 bits per heavy atom. The molecule has 2 rings (SSSR count). The van der Waals surface area contributed by atoms with Gasteiger partial charge in [0.15, 0.2) is 12.4 Å². The van der Waals surface area contributed by atoms with Gasteiger partial charge in [0.1, 0.15) is 11.5 Å². The molecule has 0 atom stereocenters. The SMILES string of the molecule is C/C=C(\CC)Oc1ccc(C(=O)/C=C/c2ccc(C)cc2)c(OCC(=O)O)c1. The van der Waals surface area contributed by atoms with E-state index in [0.29, 0.717) is 12.2 Å². The number of carbonyl (C=O) groups is 2. The molecule has 0 heterocycles. The fourth-order valence-corrected chi connectivity index (χ4v) is 2.45. The molecule has 0 saturated carbocycles. The van der Waals surface area contributed by atoms with Crippen LogP contribution in [0.2, 0.25) is 0 Å². The van der Waals surface area contributed by atoms with Gasteiger partial charge in [-0.1, -0.05) is 42.8 Å². The quantitative estimate of drug-likeness (QED) is 0.374. The zero-order valence-corrected chi connectivity index (χ0v) is 16.3. The first-order chi connectivity index (χ1) is 13.4. The summed E-state index contributed by atoms with van der Waals surface area (Å²) in [5.41, 5.74) is 2.30. The maximum atomic E-state index is 12.6. The van der Waals surface area contributed by atoms with Gasteiger partial charge in [-0.25, -0.2) is 4.79 Å². The van der Waals surface area contributed by atoms with Gasteiger partial charge in [0.25, 0.3) is 0 Å². The number of ketones is 1. The molecule has 0 radical (unpaired) electrons. The van der Waals surface area contributed by atoms with Crippen LogP contribution in [-0.2, 0) is 4.79 Å². The zero-order valence-electron chi connectivity index (χ0n) is 16.3. The van der Waals surface area contributed by atoms with Gasteiger partial charge in [-0.3, -0.25) is 4.79 Å². The Morgan fingerprint density at radius 2 is 1.82 bits per heavy atom. The van der Waals surface area contributed by atoms with Gasteiger partial charge in [0, 0.05) is 12.5 Å². The highest BCUT2D eigenvalue weighted by Crippen LogP contribution is 2.27. The summed E-state index contributed by atoms with van der Waals surface area (Å²) in [6.45, 7) is 5.28. The monoisotopic (exact) mass is 380 g/mol. The standard InChI is InChI=1S/C23H24O5/c1-4-18(5-2)28-19-11-12-20(22(14-19)27-15-23(25)26)21(24)13-10-17-8-6-16(3)7-9-17/h4,6-14H,5,15H2,1-3H3,(H,25,26)/b13-10+,18-4+. The van der Waals surface area contributed by atoms with E-state index in [-0.39, 0.29) is 17.1 Å². The van der Waals surface area contributed by atoms with E-state index in [1.54, 1.807) is 18.2 Å². The predicted octanol–water partition coefficient (Wildman–Crippen LogP) is 5.05. The second-order valence-corrected chi connectivity index (χ2v) is 6.16. The summed E-state index contributed by atoms with van der Waals surface area (Å²) in [5, 5.41) is 8.91. The smallest absolute Gasteiger partial charge is 0.341 e. The van der Waals surface area contributed by atoms with E-state index in [1.165, 1.54) is 12.1 Å². The highest BCUT2D eigenvalue weighted by molar-refractivity contribution is 6.08. The van der Waals surface area contributed by atoms with Crippen molar-refractivity contribution in [1.82, 2.24) is 0 Å². The number of aryl methyl sites for hydroxylation is 1. The van der Waals surface area contributed by atoms with Crippen molar-refractivity contribution < 1.29 is 24.2 Å². The van der Waals surface area contributed by atoms with Gasteiger partial charge in [-0.05, 0) is 43.7 Å². The molecule has 1 N–H and O–H groups in total. The number of allylic oxidation sites excluding steroid dienone is 3. The molecule has 0 amide bonds. The van der Waals surface area contributed by atoms with Crippen LogP contribution in [0.15, 0.2) is 60.4 Å². The molecule has 0 saturated heterocycles. The molecule has 0 aliphatic carbocycles. The summed E-state index contributed by atoms with van der Waals surface area (Å²) in [6.07, 6.45) is 5.71. The van der Waals surface area contributed by atoms with Crippen molar-refractivity contribution in [2.75, 3.05) is 6.61 Å². The van der Waals surface area contributed by atoms with E-state index >= 15 is 0 Å². The van der Waals surface area contributed by atoms with E-state index in [2.05, 4.69) is 0 Å². The number of carboxylic acid groups (broad SMARTS) is 1. The zero-order chi connectivity index (χ0) is 20.5. The lowest BCUT2D eigenvalue weighted by molar-refractivity contribution is -0.139. The second-order valence-electron chi connectivity index (χ2n) is 6.16. The third kappa shape index (κ3) is 6.13. The molecular weight excluding hydrogens is 356 g/mol. The Morgan fingerprint density at radius 3 is 2.43 bits per heavy atom. The van der Waals surface area contributed by atoms with Crippen molar-refractivity contribution in [3.8, 4) is 11.5 Å². The van der Waals surface area contributed by atoms with Crippen LogP contribution in [-0.4, -0.2) is 23.5 Å². The molecule has 0 aliphatic rings. The van der Waals surface area contributed by atoms with Crippen molar-refractivity contribution in [2.45, 2.75) is 27.2 Å². The van der Waals surface area contributed by atoms with Crippen molar-refractivity contribution in [3.05, 3.63) is 77.1 Å². The molecule has 2 aromatic carbocycles. The minimum atomic E-state index is -1.12. The van der Waals surface area contributed by atoms with Crippen LogP contribution < -0.4 is 9.47 Å². The lowest BCUT2D eigenvalue weighted by Gasteiger charge is -2.12. The molecular formula is C23H24O5. The summed E-state index contributed by atoms with van der Waals surface area (Å²) in [7, 11) is 0. The largest absolute Gasteiger partial charge is 0.481 e. The maximum absolute atomic E-state index is 12.6. The average molecular weight is 380 g/mol. The number of carboxylic acids is 1. The van der Waals surface area contributed by atoms with Crippen molar-refractivity contribution in [2.24, 2.45) is 0 Å². The van der Waals surface area contributed by atoms with Crippen molar-refractivity contribution in [1.29, 1.82) is 0 Å². The molecule has 0 bridgehead atoms. The summed E-state index contributed by atoms with van der Waals surface area (Å²) in [4.78, 5) is 23.5. The Hall–Kier alpha value is -3.34. The van der Waals surface area contributed by atoms with Gasteiger partial charge in [0.2, 0.25) is 0 Å². The molecule has 0 fully saturated rings. The molecule has 0 unspecified atom stereocenters. The molecule has 0 aliphatic heterocycles. The van der Waals surface area contributed by atoms with Crippen molar-refractivity contribution in [3.63, 3.8) is 0 Å². The molecule has 5 nitrogen and oxygen atoms in total. The van der Waals surface area contributed by atoms with Gasteiger partial charge >= 0.3 is 5.97 Å². The Kier molecular flexibility index (Phi) is 7.57. The van der Waals surface area contributed by atoms with E-state index in [1.807, 2.05) is 51.1 Å². The predicted molar refractivity (Wildman–Crippen MR) is 109 cm³/mol. The minimum absolute atomic E-state index is 0.171. The summed E-state index contributed by atoms with van der Waals surface area (Å²) in [6, 6.07) is 12.5. The fourth-order valence-electron chi connectivity index (χ4n) is 2.45. The lowest BCUT2D eigenvalue weighted by atomic mass is 10.1. The van der Waals surface area contributed by atoms with Gasteiger partial charge in [0.05, 0.1) is 11.3 Å². The second kappa shape index (κ2) is 10.1. The summed E-state index contributed by atoms with van der Waals surface area (Å²) in [5.74, 6) is 0.0128. The third-order valence-corrected chi connectivity index (χ3v) is 3.99. The van der Waals surface area contributed by atoms with Crippen LogP contribution in [0, 0.1) is 6.92 Å².